The molecule has 1 heterocycles. The first-order valence-electron chi connectivity index (χ1n) is 6.11. The van der Waals surface area contributed by atoms with E-state index in [4.69, 9.17) is 11.6 Å². The normalized spacial score (nSPS) is 12.6. The van der Waals surface area contributed by atoms with Gasteiger partial charge in [-0.1, -0.05) is 17.7 Å². The molecule has 1 aromatic heterocycles. The molecule has 2 aromatic rings. The number of aromatic nitrogens is 1. The lowest BCUT2D eigenvalue weighted by atomic mass is 10.0. The molecular weight excluding hydrogens is 283 g/mol. The van der Waals surface area contributed by atoms with E-state index in [0.717, 1.165) is 17.1 Å². The van der Waals surface area contributed by atoms with Crippen LogP contribution in [-0.2, 0) is 12.8 Å². The van der Waals surface area contributed by atoms with Crippen molar-refractivity contribution in [2.45, 2.75) is 25.8 Å². The van der Waals surface area contributed by atoms with Gasteiger partial charge in [0.15, 0.2) is 0 Å². The molecule has 0 bridgehead atoms. The smallest absolute Gasteiger partial charge is 0.127 e. The highest BCUT2D eigenvalue weighted by Gasteiger charge is 2.15. The molecule has 0 spiro atoms. The van der Waals surface area contributed by atoms with Crippen molar-refractivity contribution in [2.75, 3.05) is 7.05 Å². The molecule has 5 heteroatoms. The van der Waals surface area contributed by atoms with Gasteiger partial charge in [0.2, 0.25) is 0 Å². The third-order valence-electron chi connectivity index (χ3n) is 3.01. The van der Waals surface area contributed by atoms with Gasteiger partial charge in [0.25, 0.3) is 0 Å². The lowest BCUT2D eigenvalue weighted by Crippen LogP contribution is -2.30. The van der Waals surface area contributed by atoms with E-state index in [0.29, 0.717) is 17.0 Å². The monoisotopic (exact) mass is 298 g/mol. The number of hydrogen-bond acceptors (Lipinski definition) is 3. The predicted octanol–water partition coefficient (Wildman–Crippen LogP) is 3.62. The molecule has 0 fully saturated rings. The number of nitrogens with zero attached hydrogens (tertiary/aromatic N) is 1. The van der Waals surface area contributed by atoms with Gasteiger partial charge >= 0.3 is 0 Å². The van der Waals surface area contributed by atoms with Gasteiger partial charge in [-0.2, -0.15) is 0 Å². The summed E-state index contributed by atoms with van der Waals surface area (Å²) >= 11 is 7.69. The Hall–Kier alpha value is -0.970. The van der Waals surface area contributed by atoms with Crippen molar-refractivity contribution in [1.29, 1.82) is 0 Å². The minimum atomic E-state index is -0.247. The maximum absolute atomic E-state index is 13.8. The average molecular weight is 299 g/mol. The number of aryl methyl sites for hydroxylation is 1. The predicted molar refractivity (Wildman–Crippen MR) is 78.5 cm³/mol. The summed E-state index contributed by atoms with van der Waals surface area (Å²) in [5.41, 5.74) is 1.59. The van der Waals surface area contributed by atoms with Crippen molar-refractivity contribution < 1.29 is 4.39 Å². The quantitative estimate of drug-likeness (QED) is 0.912. The summed E-state index contributed by atoms with van der Waals surface area (Å²) in [5, 5.41) is 6.77. The van der Waals surface area contributed by atoms with Crippen LogP contribution >= 0.6 is 22.9 Å². The molecule has 2 rings (SSSR count). The van der Waals surface area contributed by atoms with Gasteiger partial charge in [-0.25, -0.2) is 9.37 Å². The number of likely N-dealkylation sites (N-methyl/N-ethyl adjacent to an activating group) is 1. The standard InChI is InChI=1S/C14H16ClFN2S/c1-9-8-19-14(18-9)7-10(17-2)6-11-12(15)4-3-5-13(11)16/h3-5,8,10,17H,6-7H2,1-2H3. The zero-order chi connectivity index (χ0) is 13.8. The van der Waals surface area contributed by atoms with Gasteiger partial charge < -0.3 is 5.32 Å². The SMILES string of the molecule is CNC(Cc1nc(C)cs1)Cc1c(F)cccc1Cl. The zero-order valence-electron chi connectivity index (χ0n) is 10.9. The molecule has 0 aliphatic heterocycles. The van der Waals surface area contributed by atoms with E-state index in [1.54, 1.807) is 23.5 Å². The Bertz CT molecular complexity index is 536. The first-order chi connectivity index (χ1) is 9.10. The molecule has 0 radical (unpaired) electrons. The second kappa shape index (κ2) is 6.46. The highest BCUT2D eigenvalue weighted by molar-refractivity contribution is 7.09. The number of hydrogen-bond donors (Lipinski definition) is 1. The van der Waals surface area contributed by atoms with Crippen LogP contribution in [0.2, 0.25) is 5.02 Å². The number of thiazole rings is 1. The van der Waals surface area contributed by atoms with E-state index >= 15 is 0 Å². The second-order valence-corrected chi connectivity index (χ2v) is 5.83. The third-order valence-corrected chi connectivity index (χ3v) is 4.35. The maximum atomic E-state index is 13.8. The van der Waals surface area contributed by atoms with Crippen LogP contribution < -0.4 is 5.32 Å². The Balaban J connectivity index is 2.11. The molecule has 0 saturated carbocycles. The summed E-state index contributed by atoms with van der Waals surface area (Å²) in [5.74, 6) is -0.247. The maximum Gasteiger partial charge on any atom is 0.127 e. The van der Waals surface area contributed by atoms with Gasteiger partial charge in [0.05, 0.1) is 5.01 Å². The van der Waals surface area contributed by atoms with E-state index in [1.165, 1.54) is 6.07 Å². The van der Waals surface area contributed by atoms with Gasteiger partial charge in [0.1, 0.15) is 5.82 Å². The lowest BCUT2D eigenvalue weighted by molar-refractivity contribution is 0.531. The minimum absolute atomic E-state index is 0.125. The summed E-state index contributed by atoms with van der Waals surface area (Å²) in [6, 6.07) is 4.92. The number of rotatable bonds is 5. The Labute approximate surface area is 121 Å². The Kier molecular flexibility index (Phi) is 4.91. The molecule has 102 valence electrons. The van der Waals surface area contributed by atoms with Crippen molar-refractivity contribution in [3.8, 4) is 0 Å². The highest BCUT2D eigenvalue weighted by Crippen LogP contribution is 2.22. The Morgan fingerprint density at radius 2 is 2.21 bits per heavy atom. The molecule has 0 aliphatic carbocycles. The molecule has 0 saturated heterocycles. The summed E-state index contributed by atoms with van der Waals surface area (Å²) in [6.45, 7) is 1.97. The molecule has 1 aromatic carbocycles. The topological polar surface area (TPSA) is 24.9 Å². The molecule has 1 N–H and O–H groups in total. The van der Waals surface area contributed by atoms with Crippen molar-refractivity contribution in [2.24, 2.45) is 0 Å². The molecule has 1 atom stereocenters. The number of halogens is 2. The molecule has 1 unspecified atom stereocenters. The van der Waals surface area contributed by atoms with E-state index in [9.17, 15) is 4.39 Å². The average Bonchev–Trinajstić information content (AvgIpc) is 2.78. The molecule has 0 amide bonds. The summed E-state index contributed by atoms with van der Waals surface area (Å²) in [7, 11) is 1.87. The third kappa shape index (κ3) is 3.75. The van der Waals surface area contributed by atoms with Gasteiger partial charge in [-0.05, 0) is 32.5 Å². The molecule has 0 aliphatic rings. The largest absolute Gasteiger partial charge is 0.316 e. The van der Waals surface area contributed by atoms with Crippen LogP contribution in [-0.4, -0.2) is 18.1 Å². The summed E-state index contributed by atoms with van der Waals surface area (Å²) < 4.78 is 13.8. The van der Waals surface area contributed by atoms with E-state index in [2.05, 4.69) is 10.3 Å². The first-order valence-corrected chi connectivity index (χ1v) is 7.37. The summed E-state index contributed by atoms with van der Waals surface area (Å²) in [6.07, 6.45) is 1.33. The minimum Gasteiger partial charge on any atom is -0.316 e. The van der Waals surface area contributed by atoms with E-state index in [1.807, 2.05) is 19.4 Å². The fraction of sp³-hybridized carbons (Fsp3) is 0.357. The van der Waals surface area contributed by atoms with Gasteiger partial charge in [0, 0.05) is 34.1 Å². The molecular formula is C14H16ClFN2S. The van der Waals surface area contributed by atoms with Crippen LogP contribution in [0, 0.1) is 12.7 Å². The van der Waals surface area contributed by atoms with Crippen LogP contribution in [0.5, 0.6) is 0 Å². The van der Waals surface area contributed by atoms with Gasteiger partial charge in [-0.3, -0.25) is 0 Å². The lowest BCUT2D eigenvalue weighted by Gasteiger charge is -2.16. The highest BCUT2D eigenvalue weighted by atomic mass is 35.5. The van der Waals surface area contributed by atoms with Crippen LogP contribution in [0.25, 0.3) is 0 Å². The number of benzene rings is 1. The fourth-order valence-electron chi connectivity index (χ4n) is 1.96. The van der Waals surface area contributed by atoms with Gasteiger partial charge in [-0.15, -0.1) is 11.3 Å². The van der Waals surface area contributed by atoms with Crippen LogP contribution in [0.15, 0.2) is 23.6 Å². The van der Waals surface area contributed by atoms with E-state index in [-0.39, 0.29) is 11.9 Å². The Morgan fingerprint density at radius 3 is 2.79 bits per heavy atom. The molecule has 2 nitrogen and oxygen atoms in total. The van der Waals surface area contributed by atoms with Crippen molar-refractivity contribution >= 4 is 22.9 Å². The second-order valence-electron chi connectivity index (χ2n) is 4.48. The fourth-order valence-corrected chi connectivity index (χ4v) is 3.05. The van der Waals surface area contributed by atoms with Crippen molar-refractivity contribution in [1.82, 2.24) is 10.3 Å². The van der Waals surface area contributed by atoms with Crippen molar-refractivity contribution in [3.63, 3.8) is 0 Å². The first kappa shape index (κ1) is 14.4. The van der Waals surface area contributed by atoms with Crippen molar-refractivity contribution in [3.05, 3.63) is 50.7 Å². The van der Waals surface area contributed by atoms with Crippen LogP contribution in [0.3, 0.4) is 0 Å². The van der Waals surface area contributed by atoms with Crippen LogP contribution in [0.1, 0.15) is 16.3 Å². The number of nitrogens with one attached hydrogen (secondary N) is 1. The summed E-state index contributed by atoms with van der Waals surface area (Å²) in [4.78, 5) is 4.44. The zero-order valence-corrected chi connectivity index (χ0v) is 12.5. The Morgan fingerprint density at radius 1 is 1.42 bits per heavy atom. The van der Waals surface area contributed by atoms with Crippen LogP contribution in [0.4, 0.5) is 4.39 Å². The molecule has 19 heavy (non-hydrogen) atoms. The van der Waals surface area contributed by atoms with E-state index < -0.39 is 0 Å².